The number of ether oxygens (including phenoxy) is 2. The van der Waals surface area contributed by atoms with E-state index in [2.05, 4.69) is 0 Å². The van der Waals surface area contributed by atoms with Gasteiger partial charge in [-0.1, -0.05) is 12.1 Å². The molecule has 0 saturated carbocycles. The van der Waals surface area contributed by atoms with Gasteiger partial charge in [0.05, 0.1) is 12.2 Å². The van der Waals surface area contributed by atoms with Gasteiger partial charge in [0, 0.05) is 12.2 Å². The molecule has 1 N–H and O–H groups in total. The summed E-state index contributed by atoms with van der Waals surface area (Å²) in [6, 6.07) is 5.90. The van der Waals surface area contributed by atoms with E-state index in [0.29, 0.717) is 6.61 Å². The molecule has 0 spiro atoms. The number of hydrogen-bond acceptors (Lipinski definition) is 3. The smallest absolute Gasteiger partial charge is 0.125 e. The number of aliphatic hydroxyl groups is 1. The number of aryl methyl sites for hydroxylation is 1. The molecule has 1 aliphatic rings. The van der Waals surface area contributed by atoms with E-state index in [-0.39, 0.29) is 6.10 Å². The lowest BCUT2D eigenvalue weighted by molar-refractivity contribution is -0.0116. The number of benzene rings is 1. The van der Waals surface area contributed by atoms with Crippen molar-refractivity contribution >= 4 is 0 Å². The first-order chi connectivity index (χ1) is 8.66. The normalized spacial score (nSPS) is 21.6. The van der Waals surface area contributed by atoms with E-state index >= 15 is 0 Å². The average Bonchev–Trinajstić information content (AvgIpc) is 2.37. The Hall–Kier alpha value is -1.06. The second-order valence-electron chi connectivity index (χ2n) is 5.02. The maximum Gasteiger partial charge on any atom is 0.125 e. The zero-order valence-electron chi connectivity index (χ0n) is 11.2. The van der Waals surface area contributed by atoms with Crippen molar-refractivity contribution in [3.63, 3.8) is 0 Å². The third-order valence-corrected chi connectivity index (χ3v) is 3.32. The second kappa shape index (κ2) is 6.21. The Balaban J connectivity index is 2.00. The molecule has 3 nitrogen and oxygen atoms in total. The molecule has 0 amide bonds. The third kappa shape index (κ3) is 3.47. The number of hydrogen-bond donors (Lipinski definition) is 1. The van der Waals surface area contributed by atoms with Gasteiger partial charge in [-0.2, -0.15) is 0 Å². The standard InChI is InChI=1S/C15H22O3/c1-11-6-7-14(12(2)16)15(9-11)18-10-13-5-3-4-8-17-13/h6-7,9,12-13,16H,3-5,8,10H2,1-2H3/t12-,13?/m1/s1. The van der Waals surface area contributed by atoms with Crippen LogP contribution >= 0.6 is 0 Å². The first-order valence-electron chi connectivity index (χ1n) is 6.70. The van der Waals surface area contributed by atoms with Crippen LogP contribution in [0.3, 0.4) is 0 Å². The summed E-state index contributed by atoms with van der Waals surface area (Å²) in [5.41, 5.74) is 1.98. The summed E-state index contributed by atoms with van der Waals surface area (Å²) in [7, 11) is 0. The molecule has 1 saturated heterocycles. The highest BCUT2D eigenvalue weighted by molar-refractivity contribution is 5.38. The maximum absolute atomic E-state index is 9.72. The Morgan fingerprint density at radius 3 is 2.94 bits per heavy atom. The Morgan fingerprint density at radius 2 is 2.28 bits per heavy atom. The van der Waals surface area contributed by atoms with E-state index in [0.717, 1.165) is 36.3 Å². The van der Waals surface area contributed by atoms with Crippen molar-refractivity contribution in [2.45, 2.75) is 45.3 Å². The Morgan fingerprint density at radius 1 is 1.44 bits per heavy atom. The van der Waals surface area contributed by atoms with Crippen molar-refractivity contribution in [2.75, 3.05) is 13.2 Å². The summed E-state index contributed by atoms with van der Waals surface area (Å²) in [4.78, 5) is 0. The van der Waals surface area contributed by atoms with E-state index in [1.807, 2.05) is 25.1 Å². The molecule has 0 bridgehead atoms. The van der Waals surface area contributed by atoms with Gasteiger partial charge in [0.25, 0.3) is 0 Å². The van der Waals surface area contributed by atoms with Gasteiger partial charge in [-0.25, -0.2) is 0 Å². The quantitative estimate of drug-likeness (QED) is 0.892. The minimum atomic E-state index is -0.507. The monoisotopic (exact) mass is 250 g/mol. The van der Waals surface area contributed by atoms with Gasteiger partial charge in [0.2, 0.25) is 0 Å². The van der Waals surface area contributed by atoms with Gasteiger partial charge in [-0.3, -0.25) is 0 Å². The maximum atomic E-state index is 9.72. The zero-order chi connectivity index (χ0) is 13.0. The summed E-state index contributed by atoms with van der Waals surface area (Å²) in [6.45, 7) is 5.19. The molecule has 2 atom stereocenters. The Labute approximate surface area is 109 Å². The fourth-order valence-corrected chi connectivity index (χ4v) is 2.23. The molecular weight excluding hydrogens is 228 g/mol. The van der Waals surface area contributed by atoms with Crippen LogP contribution in [0.25, 0.3) is 0 Å². The van der Waals surface area contributed by atoms with Crippen LogP contribution in [0.5, 0.6) is 5.75 Å². The first-order valence-corrected chi connectivity index (χ1v) is 6.70. The highest BCUT2D eigenvalue weighted by Crippen LogP contribution is 2.27. The highest BCUT2D eigenvalue weighted by atomic mass is 16.5. The summed E-state index contributed by atoms with van der Waals surface area (Å²) in [5.74, 6) is 0.777. The average molecular weight is 250 g/mol. The molecule has 1 aliphatic heterocycles. The van der Waals surface area contributed by atoms with E-state index < -0.39 is 6.10 Å². The van der Waals surface area contributed by atoms with E-state index in [1.165, 1.54) is 6.42 Å². The van der Waals surface area contributed by atoms with Gasteiger partial charge >= 0.3 is 0 Å². The SMILES string of the molecule is Cc1ccc([C@@H](C)O)c(OCC2CCCCO2)c1. The van der Waals surface area contributed by atoms with Gasteiger partial charge in [0.1, 0.15) is 12.4 Å². The summed E-state index contributed by atoms with van der Waals surface area (Å²) < 4.78 is 11.5. The molecule has 1 fully saturated rings. The van der Waals surface area contributed by atoms with Crippen LogP contribution in [0.2, 0.25) is 0 Å². The first kappa shape index (κ1) is 13.4. The van der Waals surface area contributed by atoms with Crippen LogP contribution in [0, 0.1) is 6.92 Å². The van der Waals surface area contributed by atoms with Crippen LogP contribution in [-0.4, -0.2) is 24.4 Å². The van der Waals surface area contributed by atoms with Gasteiger partial charge < -0.3 is 14.6 Å². The molecule has 1 unspecified atom stereocenters. The minimum absolute atomic E-state index is 0.195. The Bertz CT molecular complexity index is 381. The van der Waals surface area contributed by atoms with Crippen molar-refractivity contribution in [3.05, 3.63) is 29.3 Å². The lowest BCUT2D eigenvalue weighted by atomic mass is 10.1. The van der Waals surface area contributed by atoms with Crippen LogP contribution < -0.4 is 4.74 Å². The lowest BCUT2D eigenvalue weighted by Gasteiger charge is -2.23. The molecular formula is C15H22O3. The summed E-state index contributed by atoms with van der Waals surface area (Å²) >= 11 is 0. The van der Waals surface area contributed by atoms with Crippen molar-refractivity contribution in [3.8, 4) is 5.75 Å². The molecule has 18 heavy (non-hydrogen) atoms. The van der Waals surface area contributed by atoms with Crippen LogP contribution in [0.15, 0.2) is 18.2 Å². The number of rotatable bonds is 4. The van der Waals surface area contributed by atoms with Crippen molar-refractivity contribution in [1.82, 2.24) is 0 Å². The Kier molecular flexibility index (Phi) is 4.61. The van der Waals surface area contributed by atoms with Gasteiger partial charge in [-0.15, -0.1) is 0 Å². The molecule has 3 heteroatoms. The summed E-state index contributed by atoms with van der Waals surface area (Å²) in [5, 5.41) is 9.72. The molecule has 0 aliphatic carbocycles. The van der Waals surface area contributed by atoms with E-state index in [1.54, 1.807) is 6.92 Å². The highest BCUT2D eigenvalue weighted by Gasteiger charge is 2.16. The fourth-order valence-electron chi connectivity index (χ4n) is 2.23. The van der Waals surface area contributed by atoms with Crippen LogP contribution in [0.1, 0.15) is 43.4 Å². The van der Waals surface area contributed by atoms with Crippen LogP contribution in [0.4, 0.5) is 0 Å². The molecule has 100 valence electrons. The van der Waals surface area contributed by atoms with Crippen molar-refractivity contribution in [2.24, 2.45) is 0 Å². The van der Waals surface area contributed by atoms with Gasteiger partial charge in [0.15, 0.2) is 0 Å². The molecule has 0 radical (unpaired) electrons. The second-order valence-corrected chi connectivity index (χ2v) is 5.02. The largest absolute Gasteiger partial charge is 0.490 e. The van der Waals surface area contributed by atoms with Crippen molar-refractivity contribution < 1.29 is 14.6 Å². The van der Waals surface area contributed by atoms with E-state index in [9.17, 15) is 5.11 Å². The number of aliphatic hydroxyl groups excluding tert-OH is 1. The van der Waals surface area contributed by atoms with Gasteiger partial charge in [-0.05, 0) is 44.7 Å². The molecule has 0 aromatic heterocycles. The van der Waals surface area contributed by atoms with Crippen molar-refractivity contribution in [1.29, 1.82) is 0 Å². The fraction of sp³-hybridized carbons (Fsp3) is 0.600. The lowest BCUT2D eigenvalue weighted by Crippen LogP contribution is -2.26. The molecule has 1 aromatic rings. The van der Waals surface area contributed by atoms with Crippen LogP contribution in [-0.2, 0) is 4.74 Å². The summed E-state index contributed by atoms with van der Waals surface area (Å²) in [6.07, 6.45) is 3.12. The molecule has 1 aromatic carbocycles. The minimum Gasteiger partial charge on any atom is -0.490 e. The predicted octanol–water partition coefficient (Wildman–Crippen LogP) is 3.00. The van der Waals surface area contributed by atoms with E-state index in [4.69, 9.17) is 9.47 Å². The molecule has 1 heterocycles. The topological polar surface area (TPSA) is 38.7 Å². The zero-order valence-corrected chi connectivity index (χ0v) is 11.2. The predicted molar refractivity (Wildman–Crippen MR) is 70.9 cm³/mol. The third-order valence-electron chi connectivity index (χ3n) is 3.32. The molecule has 2 rings (SSSR count).